The number of amides is 1. The number of nitrogens with zero attached hydrogens (tertiary/aromatic N) is 2. The van der Waals surface area contributed by atoms with Crippen LogP contribution in [0.1, 0.15) is 47.5 Å². The van der Waals surface area contributed by atoms with Crippen LogP contribution in [0.3, 0.4) is 0 Å². The standard InChI is InChI=1S/C20H23N3O3/c1-4-23-11-10-18(22-23)15(3)21-20(24)19-9-8-17(26-19)13-25-16-7-5-6-14(2)12-16/h5-12,15H,4,13H2,1-3H3,(H,21,24). The first-order valence-corrected chi connectivity index (χ1v) is 8.67. The number of rotatable bonds is 7. The Morgan fingerprint density at radius 2 is 2.15 bits per heavy atom. The lowest BCUT2D eigenvalue weighted by molar-refractivity contribution is 0.0907. The maximum absolute atomic E-state index is 12.4. The second kappa shape index (κ2) is 7.91. The highest BCUT2D eigenvalue weighted by Crippen LogP contribution is 2.17. The average molecular weight is 353 g/mol. The molecule has 0 bridgehead atoms. The monoisotopic (exact) mass is 353 g/mol. The lowest BCUT2D eigenvalue weighted by atomic mass is 10.2. The fourth-order valence-corrected chi connectivity index (χ4v) is 2.56. The van der Waals surface area contributed by atoms with Crippen LogP contribution in [0.25, 0.3) is 0 Å². The van der Waals surface area contributed by atoms with Crippen LogP contribution in [0.5, 0.6) is 5.75 Å². The summed E-state index contributed by atoms with van der Waals surface area (Å²) in [6.07, 6.45) is 1.89. The molecule has 6 heteroatoms. The van der Waals surface area contributed by atoms with Crippen molar-refractivity contribution in [1.82, 2.24) is 15.1 Å². The summed E-state index contributed by atoms with van der Waals surface area (Å²) in [5, 5.41) is 7.30. The van der Waals surface area contributed by atoms with Crippen LogP contribution in [-0.2, 0) is 13.2 Å². The van der Waals surface area contributed by atoms with Crippen molar-refractivity contribution in [3.8, 4) is 5.75 Å². The molecule has 0 aliphatic heterocycles. The quantitative estimate of drug-likeness (QED) is 0.700. The molecule has 3 aromatic rings. The van der Waals surface area contributed by atoms with E-state index >= 15 is 0 Å². The topological polar surface area (TPSA) is 69.3 Å². The zero-order chi connectivity index (χ0) is 18.5. The van der Waals surface area contributed by atoms with E-state index in [1.54, 1.807) is 12.1 Å². The molecule has 26 heavy (non-hydrogen) atoms. The average Bonchev–Trinajstić information content (AvgIpc) is 3.29. The van der Waals surface area contributed by atoms with Gasteiger partial charge in [0.25, 0.3) is 5.91 Å². The number of carbonyl (C=O) groups excluding carboxylic acids is 1. The molecule has 1 atom stereocenters. The van der Waals surface area contributed by atoms with Gasteiger partial charge in [-0.15, -0.1) is 0 Å². The molecule has 0 saturated heterocycles. The Bertz CT molecular complexity index is 882. The van der Waals surface area contributed by atoms with Crippen LogP contribution in [0.15, 0.2) is 53.1 Å². The molecule has 0 fully saturated rings. The minimum Gasteiger partial charge on any atom is -0.486 e. The number of nitrogens with one attached hydrogen (secondary N) is 1. The maximum Gasteiger partial charge on any atom is 0.287 e. The molecule has 2 heterocycles. The molecule has 0 saturated carbocycles. The smallest absolute Gasteiger partial charge is 0.287 e. The van der Waals surface area contributed by atoms with Crippen LogP contribution < -0.4 is 10.1 Å². The summed E-state index contributed by atoms with van der Waals surface area (Å²) in [4.78, 5) is 12.4. The molecule has 6 nitrogen and oxygen atoms in total. The Balaban J connectivity index is 1.57. The van der Waals surface area contributed by atoms with Gasteiger partial charge in [0.2, 0.25) is 0 Å². The minimum atomic E-state index is -0.273. The van der Waals surface area contributed by atoms with Crippen LogP contribution in [-0.4, -0.2) is 15.7 Å². The van der Waals surface area contributed by atoms with Gasteiger partial charge in [0.05, 0.1) is 11.7 Å². The van der Waals surface area contributed by atoms with Gasteiger partial charge in [0.1, 0.15) is 18.1 Å². The lowest BCUT2D eigenvalue weighted by Crippen LogP contribution is -2.26. The highest BCUT2D eigenvalue weighted by atomic mass is 16.5. The van der Waals surface area contributed by atoms with Crippen molar-refractivity contribution >= 4 is 5.91 Å². The summed E-state index contributed by atoms with van der Waals surface area (Å²) < 4.78 is 13.1. The molecule has 1 amide bonds. The largest absolute Gasteiger partial charge is 0.486 e. The number of carbonyl (C=O) groups is 1. The molecule has 0 aliphatic rings. The van der Waals surface area contributed by atoms with Crippen LogP contribution in [0.4, 0.5) is 0 Å². The number of furan rings is 1. The zero-order valence-electron chi connectivity index (χ0n) is 15.2. The SMILES string of the molecule is CCn1ccc(C(C)NC(=O)c2ccc(COc3cccc(C)c3)o2)n1. The van der Waals surface area contributed by atoms with Crippen molar-refractivity contribution in [3.63, 3.8) is 0 Å². The fraction of sp³-hybridized carbons (Fsp3) is 0.300. The van der Waals surface area contributed by atoms with E-state index < -0.39 is 0 Å². The van der Waals surface area contributed by atoms with Gasteiger partial charge in [-0.05, 0) is 56.7 Å². The molecule has 1 N–H and O–H groups in total. The van der Waals surface area contributed by atoms with Gasteiger partial charge in [0.15, 0.2) is 5.76 Å². The summed E-state index contributed by atoms with van der Waals surface area (Å²) >= 11 is 0. The van der Waals surface area contributed by atoms with E-state index in [2.05, 4.69) is 10.4 Å². The van der Waals surface area contributed by atoms with E-state index in [1.165, 1.54) is 0 Å². The molecular weight excluding hydrogens is 330 g/mol. The maximum atomic E-state index is 12.4. The third-order valence-electron chi connectivity index (χ3n) is 4.03. The number of ether oxygens (including phenoxy) is 1. The number of hydrogen-bond donors (Lipinski definition) is 1. The Labute approximate surface area is 152 Å². The lowest BCUT2D eigenvalue weighted by Gasteiger charge is -2.10. The predicted octanol–water partition coefficient (Wildman–Crippen LogP) is 3.87. The Morgan fingerprint density at radius 3 is 2.88 bits per heavy atom. The zero-order valence-corrected chi connectivity index (χ0v) is 15.2. The van der Waals surface area contributed by atoms with Crippen molar-refractivity contribution in [2.45, 2.75) is 40.0 Å². The molecule has 0 aliphatic carbocycles. The minimum absolute atomic E-state index is 0.201. The number of aryl methyl sites for hydroxylation is 2. The van der Waals surface area contributed by atoms with Gasteiger partial charge in [-0.25, -0.2) is 0 Å². The summed E-state index contributed by atoms with van der Waals surface area (Å²) in [6, 6.07) is 12.9. The van der Waals surface area contributed by atoms with Crippen molar-refractivity contribution in [3.05, 3.63) is 71.4 Å². The van der Waals surface area contributed by atoms with E-state index in [1.807, 2.05) is 62.0 Å². The molecule has 3 rings (SSSR count). The molecule has 136 valence electrons. The van der Waals surface area contributed by atoms with E-state index in [-0.39, 0.29) is 24.3 Å². The van der Waals surface area contributed by atoms with Crippen molar-refractivity contribution in [2.24, 2.45) is 0 Å². The Morgan fingerprint density at radius 1 is 1.31 bits per heavy atom. The van der Waals surface area contributed by atoms with Crippen LogP contribution >= 0.6 is 0 Å². The van der Waals surface area contributed by atoms with E-state index in [4.69, 9.17) is 9.15 Å². The van der Waals surface area contributed by atoms with Gasteiger partial charge in [-0.2, -0.15) is 5.10 Å². The number of hydrogen-bond acceptors (Lipinski definition) is 4. The van der Waals surface area contributed by atoms with Gasteiger partial charge < -0.3 is 14.5 Å². The molecule has 0 spiro atoms. The number of aromatic nitrogens is 2. The van der Waals surface area contributed by atoms with Crippen molar-refractivity contribution in [1.29, 1.82) is 0 Å². The van der Waals surface area contributed by atoms with E-state index in [0.717, 1.165) is 23.6 Å². The summed E-state index contributed by atoms with van der Waals surface area (Å²) in [5.41, 5.74) is 1.94. The fourth-order valence-electron chi connectivity index (χ4n) is 2.56. The van der Waals surface area contributed by atoms with Crippen LogP contribution in [0.2, 0.25) is 0 Å². The normalized spacial score (nSPS) is 12.0. The number of benzene rings is 1. The molecule has 2 aromatic heterocycles. The first kappa shape index (κ1) is 17.8. The van der Waals surface area contributed by atoms with E-state index in [0.29, 0.717) is 5.76 Å². The van der Waals surface area contributed by atoms with Gasteiger partial charge >= 0.3 is 0 Å². The molecule has 1 unspecified atom stereocenters. The summed E-state index contributed by atoms with van der Waals surface area (Å²) in [6.45, 7) is 6.98. The Hall–Kier alpha value is -3.02. The first-order valence-electron chi connectivity index (χ1n) is 8.67. The summed E-state index contributed by atoms with van der Waals surface area (Å²) in [7, 11) is 0. The highest BCUT2D eigenvalue weighted by Gasteiger charge is 2.16. The molecule has 0 radical (unpaired) electrons. The molecular formula is C20H23N3O3. The van der Waals surface area contributed by atoms with Gasteiger partial charge in [0, 0.05) is 12.7 Å². The predicted molar refractivity (Wildman–Crippen MR) is 98.0 cm³/mol. The van der Waals surface area contributed by atoms with E-state index in [9.17, 15) is 4.79 Å². The van der Waals surface area contributed by atoms with Crippen LogP contribution in [0, 0.1) is 6.92 Å². The third kappa shape index (κ3) is 4.33. The highest BCUT2D eigenvalue weighted by molar-refractivity contribution is 5.91. The third-order valence-corrected chi connectivity index (χ3v) is 4.03. The van der Waals surface area contributed by atoms with Gasteiger partial charge in [-0.1, -0.05) is 12.1 Å². The second-order valence-electron chi connectivity index (χ2n) is 6.16. The van der Waals surface area contributed by atoms with Crippen molar-refractivity contribution < 1.29 is 13.9 Å². The second-order valence-corrected chi connectivity index (χ2v) is 6.16. The van der Waals surface area contributed by atoms with Crippen molar-refractivity contribution in [2.75, 3.05) is 0 Å². The first-order chi connectivity index (χ1) is 12.5. The molecule has 1 aromatic carbocycles. The summed E-state index contributed by atoms with van der Waals surface area (Å²) in [5.74, 6) is 1.35. The van der Waals surface area contributed by atoms with Gasteiger partial charge in [-0.3, -0.25) is 9.48 Å². The Kier molecular flexibility index (Phi) is 5.41.